The summed E-state index contributed by atoms with van der Waals surface area (Å²) < 4.78 is 7.83. The van der Waals surface area contributed by atoms with Crippen LogP contribution in [0, 0.1) is 0 Å². The van der Waals surface area contributed by atoms with E-state index in [0.717, 1.165) is 59.1 Å². The van der Waals surface area contributed by atoms with E-state index in [9.17, 15) is 4.79 Å². The number of carbonyl (C=O) groups is 1. The summed E-state index contributed by atoms with van der Waals surface area (Å²) >= 11 is 7.87. The molecular formula is C23H25ClN4O2S. The van der Waals surface area contributed by atoms with Gasteiger partial charge in [0.2, 0.25) is 0 Å². The van der Waals surface area contributed by atoms with Crippen LogP contribution in [0.5, 0.6) is 5.75 Å². The summed E-state index contributed by atoms with van der Waals surface area (Å²) in [5, 5.41) is 10.4. The minimum atomic E-state index is -0.0952. The zero-order chi connectivity index (χ0) is 21.4. The van der Waals surface area contributed by atoms with Gasteiger partial charge in [-0.05, 0) is 48.9 Å². The number of ether oxygens (including phenoxy) is 1. The van der Waals surface area contributed by atoms with E-state index in [1.807, 2.05) is 47.4 Å². The summed E-state index contributed by atoms with van der Waals surface area (Å²) in [6, 6.07) is 10.2. The molecule has 0 saturated carbocycles. The fraction of sp³-hybridized carbons (Fsp3) is 0.391. The molecule has 1 atom stereocenters. The van der Waals surface area contributed by atoms with Gasteiger partial charge in [0.25, 0.3) is 5.91 Å². The van der Waals surface area contributed by atoms with E-state index >= 15 is 0 Å². The monoisotopic (exact) mass is 456 g/mol. The molecule has 1 aliphatic heterocycles. The average molecular weight is 457 g/mol. The molecule has 1 unspecified atom stereocenters. The zero-order valence-corrected chi connectivity index (χ0v) is 19.0. The van der Waals surface area contributed by atoms with Crippen molar-refractivity contribution in [2.45, 2.75) is 38.4 Å². The number of aromatic nitrogens is 2. The highest BCUT2D eigenvalue weighted by atomic mass is 35.5. The minimum absolute atomic E-state index is 0.0952. The molecule has 1 aliphatic carbocycles. The first kappa shape index (κ1) is 20.5. The molecule has 6 nitrogen and oxygen atoms in total. The Hall–Kier alpha value is -2.35. The topological polar surface area (TPSA) is 59.4 Å². The summed E-state index contributed by atoms with van der Waals surface area (Å²) in [6.45, 7) is 2.84. The molecule has 3 heterocycles. The first-order chi connectivity index (χ1) is 15.1. The summed E-state index contributed by atoms with van der Waals surface area (Å²) in [6.07, 6.45) is 2.78. The van der Waals surface area contributed by atoms with E-state index in [1.165, 1.54) is 5.69 Å². The number of nitrogens with zero attached hydrogens (tertiary/aromatic N) is 3. The fourth-order valence-corrected chi connectivity index (χ4v) is 5.46. The van der Waals surface area contributed by atoms with Gasteiger partial charge in [-0.1, -0.05) is 17.7 Å². The summed E-state index contributed by atoms with van der Waals surface area (Å²) in [5.74, 6) is 0.820. The maximum atomic E-state index is 12.9. The SMILES string of the molecule is Cn1nc(C(=O)NCc2cccs2)c2c1CCC(N1CCOc3ccc(Cl)cc3C1)C2. The first-order valence-electron chi connectivity index (χ1n) is 10.6. The number of halogens is 1. The third kappa shape index (κ3) is 4.22. The Morgan fingerprint density at radius 3 is 3.13 bits per heavy atom. The molecule has 2 aliphatic rings. The predicted molar refractivity (Wildman–Crippen MR) is 122 cm³/mol. The van der Waals surface area contributed by atoms with E-state index in [0.29, 0.717) is 24.9 Å². The lowest BCUT2D eigenvalue weighted by atomic mass is 9.90. The molecule has 0 spiro atoms. The van der Waals surface area contributed by atoms with Gasteiger partial charge in [0.15, 0.2) is 5.69 Å². The highest BCUT2D eigenvalue weighted by Crippen LogP contribution is 2.31. The highest BCUT2D eigenvalue weighted by Gasteiger charge is 2.32. The average Bonchev–Trinajstić information content (AvgIpc) is 3.34. The van der Waals surface area contributed by atoms with Crippen LogP contribution in [0.15, 0.2) is 35.7 Å². The lowest BCUT2D eigenvalue weighted by Crippen LogP contribution is -2.40. The standard InChI is InChI=1S/C23H25ClN4O2S/c1-27-20-6-5-17(28-8-9-30-21-7-4-16(24)11-15(21)14-28)12-19(20)22(26-27)23(29)25-13-18-3-2-10-31-18/h2-4,7,10-11,17H,5-6,8-9,12-14H2,1H3,(H,25,29). The van der Waals surface area contributed by atoms with Crippen molar-refractivity contribution in [1.29, 1.82) is 0 Å². The maximum absolute atomic E-state index is 12.9. The molecule has 3 aromatic rings. The van der Waals surface area contributed by atoms with E-state index in [4.69, 9.17) is 16.3 Å². The molecule has 0 fully saturated rings. The fourth-order valence-electron chi connectivity index (χ4n) is 4.62. The van der Waals surface area contributed by atoms with Crippen molar-refractivity contribution >= 4 is 28.8 Å². The molecule has 0 bridgehead atoms. The number of benzene rings is 1. The van der Waals surface area contributed by atoms with Crippen molar-refractivity contribution in [2.24, 2.45) is 7.05 Å². The molecule has 162 valence electrons. The van der Waals surface area contributed by atoms with E-state index in [1.54, 1.807) is 11.3 Å². The molecule has 31 heavy (non-hydrogen) atoms. The van der Waals surface area contributed by atoms with Crippen LogP contribution >= 0.6 is 22.9 Å². The van der Waals surface area contributed by atoms with Crippen molar-refractivity contribution < 1.29 is 9.53 Å². The zero-order valence-electron chi connectivity index (χ0n) is 17.4. The van der Waals surface area contributed by atoms with Gasteiger partial charge in [0, 0.05) is 52.9 Å². The predicted octanol–water partition coefficient (Wildman–Crippen LogP) is 3.82. The number of nitrogens with one attached hydrogen (secondary N) is 1. The Bertz CT molecular complexity index is 1100. The molecule has 1 N–H and O–H groups in total. The van der Waals surface area contributed by atoms with Gasteiger partial charge in [-0.15, -0.1) is 11.3 Å². The van der Waals surface area contributed by atoms with E-state index in [-0.39, 0.29) is 5.91 Å². The van der Waals surface area contributed by atoms with Crippen LogP contribution in [0.1, 0.15) is 38.6 Å². The van der Waals surface area contributed by atoms with Crippen LogP contribution in [-0.4, -0.2) is 39.8 Å². The van der Waals surface area contributed by atoms with Crippen LogP contribution in [0.25, 0.3) is 0 Å². The number of hydrogen-bond acceptors (Lipinski definition) is 5. The number of amides is 1. The molecule has 2 aromatic heterocycles. The number of rotatable bonds is 4. The van der Waals surface area contributed by atoms with Crippen molar-refractivity contribution in [3.8, 4) is 5.75 Å². The largest absolute Gasteiger partial charge is 0.492 e. The summed E-state index contributed by atoms with van der Waals surface area (Å²) in [5.41, 5.74) is 3.94. The van der Waals surface area contributed by atoms with E-state index in [2.05, 4.69) is 15.3 Å². The Morgan fingerprint density at radius 2 is 2.29 bits per heavy atom. The van der Waals surface area contributed by atoms with Crippen LogP contribution in [0.3, 0.4) is 0 Å². The molecule has 0 saturated heterocycles. The second-order valence-corrected chi connectivity index (χ2v) is 9.60. The van der Waals surface area contributed by atoms with Crippen LogP contribution < -0.4 is 10.1 Å². The number of aryl methyl sites for hydroxylation is 1. The molecule has 8 heteroatoms. The summed E-state index contributed by atoms with van der Waals surface area (Å²) in [7, 11) is 1.94. The van der Waals surface area contributed by atoms with Crippen molar-refractivity contribution in [1.82, 2.24) is 20.0 Å². The second kappa shape index (κ2) is 8.65. The number of thiophene rings is 1. The van der Waals surface area contributed by atoms with Crippen molar-refractivity contribution in [3.05, 3.63) is 68.1 Å². The van der Waals surface area contributed by atoms with Crippen LogP contribution in [0.2, 0.25) is 5.02 Å². The first-order valence-corrected chi connectivity index (χ1v) is 11.8. The van der Waals surface area contributed by atoms with Crippen LogP contribution in [0.4, 0.5) is 0 Å². The van der Waals surface area contributed by atoms with Gasteiger partial charge < -0.3 is 10.1 Å². The molecule has 5 rings (SSSR count). The van der Waals surface area contributed by atoms with Gasteiger partial charge in [-0.3, -0.25) is 14.4 Å². The van der Waals surface area contributed by atoms with Gasteiger partial charge in [0.05, 0.1) is 6.54 Å². The van der Waals surface area contributed by atoms with Crippen LogP contribution in [-0.2, 0) is 33.0 Å². The van der Waals surface area contributed by atoms with Crippen molar-refractivity contribution in [3.63, 3.8) is 0 Å². The lowest BCUT2D eigenvalue weighted by molar-refractivity contribution is 0.0943. The third-order valence-corrected chi connectivity index (χ3v) is 7.31. The van der Waals surface area contributed by atoms with Crippen molar-refractivity contribution in [2.75, 3.05) is 13.2 Å². The van der Waals surface area contributed by atoms with Gasteiger partial charge in [-0.2, -0.15) is 5.10 Å². The number of carbonyl (C=O) groups excluding carboxylic acids is 1. The minimum Gasteiger partial charge on any atom is -0.492 e. The Balaban J connectivity index is 1.34. The van der Waals surface area contributed by atoms with E-state index < -0.39 is 0 Å². The Labute approximate surface area is 190 Å². The normalized spacial score (nSPS) is 18.6. The quantitative estimate of drug-likeness (QED) is 0.648. The Kier molecular flexibility index (Phi) is 5.73. The Morgan fingerprint density at radius 1 is 1.39 bits per heavy atom. The summed E-state index contributed by atoms with van der Waals surface area (Å²) in [4.78, 5) is 16.5. The second-order valence-electron chi connectivity index (χ2n) is 8.13. The van der Waals surface area contributed by atoms with Gasteiger partial charge in [0.1, 0.15) is 12.4 Å². The molecule has 1 aromatic carbocycles. The number of hydrogen-bond donors (Lipinski definition) is 1. The third-order valence-electron chi connectivity index (χ3n) is 6.20. The van der Waals surface area contributed by atoms with Gasteiger partial charge >= 0.3 is 0 Å². The smallest absolute Gasteiger partial charge is 0.272 e. The highest BCUT2D eigenvalue weighted by molar-refractivity contribution is 7.09. The molecular weight excluding hydrogens is 432 g/mol. The lowest BCUT2D eigenvalue weighted by Gasteiger charge is -2.33. The molecule has 1 amide bonds. The molecule has 0 radical (unpaired) electrons. The number of fused-ring (bicyclic) bond motifs is 2. The maximum Gasteiger partial charge on any atom is 0.272 e. The van der Waals surface area contributed by atoms with Gasteiger partial charge in [-0.25, -0.2) is 0 Å².